The van der Waals surface area contributed by atoms with Crippen molar-refractivity contribution in [3.05, 3.63) is 22.5 Å². The Hall–Kier alpha value is -1.82. The third kappa shape index (κ3) is 2.55. The summed E-state index contributed by atoms with van der Waals surface area (Å²) >= 11 is 0. The first-order valence-corrected chi connectivity index (χ1v) is 7.34. The number of ether oxygens (including phenoxy) is 1. The molecule has 2 aliphatic rings. The Morgan fingerprint density at radius 2 is 2.00 bits per heavy atom. The van der Waals surface area contributed by atoms with Crippen molar-refractivity contribution in [3.63, 3.8) is 0 Å². The molecule has 1 saturated heterocycles. The molecule has 1 saturated carbocycles. The summed E-state index contributed by atoms with van der Waals surface area (Å²) in [6, 6.07) is 0.0342. The van der Waals surface area contributed by atoms with E-state index in [0.29, 0.717) is 29.3 Å². The summed E-state index contributed by atoms with van der Waals surface area (Å²) in [6.45, 7) is 4.06. The first kappa shape index (κ1) is 14.1. The predicted octanol–water partition coefficient (Wildman–Crippen LogP) is 1.63. The lowest BCUT2D eigenvalue weighted by Gasteiger charge is -2.19. The van der Waals surface area contributed by atoms with Crippen LogP contribution in [-0.4, -0.2) is 40.7 Å². The maximum absolute atomic E-state index is 12.5. The highest BCUT2D eigenvalue weighted by atomic mass is 16.5. The van der Waals surface area contributed by atoms with E-state index in [-0.39, 0.29) is 23.7 Å². The van der Waals surface area contributed by atoms with Gasteiger partial charge in [0.1, 0.15) is 5.69 Å². The lowest BCUT2D eigenvalue weighted by Crippen LogP contribution is -2.41. The second-order valence-corrected chi connectivity index (χ2v) is 5.97. The van der Waals surface area contributed by atoms with Crippen molar-refractivity contribution in [1.29, 1.82) is 0 Å². The highest BCUT2D eigenvalue weighted by Crippen LogP contribution is 2.38. The maximum Gasteiger partial charge on any atom is 0.352 e. The molecule has 0 radical (unpaired) electrons. The van der Waals surface area contributed by atoms with Gasteiger partial charge in [-0.15, -0.1) is 0 Å². The molecular weight excluding hydrogens is 272 g/mol. The summed E-state index contributed by atoms with van der Waals surface area (Å²) in [5, 5.41) is 12.1. The Labute approximate surface area is 122 Å². The van der Waals surface area contributed by atoms with E-state index in [4.69, 9.17) is 9.84 Å². The molecule has 2 unspecified atom stereocenters. The number of carboxylic acid groups (broad SMARTS) is 1. The van der Waals surface area contributed by atoms with E-state index < -0.39 is 5.97 Å². The zero-order chi connectivity index (χ0) is 15.1. The summed E-state index contributed by atoms with van der Waals surface area (Å²) < 4.78 is 5.71. The number of carbonyl (C=O) groups is 2. The van der Waals surface area contributed by atoms with Crippen molar-refractivity contribution in [2.24, 2.45) is 5.92 Å². The molecule has 114 valence electrons. The maximum atomic E-state index is 12.5. The van der Waals surface area contributed by atoms with Gasteiger partial charge < -0.3 is 20.1 Å². The number of aromatic nitrogens is 1. The minimum atomic E-state index is -1.05. The second-order valence-electron chi connectivity index (χ2n) is 5.97. The van der Waals surface area contributed by atoms with Gasteiger partial charge in [-0.3, -0.25) is 4.79 Å². The zero-order valence-electron chi connectivity index (χ0n) is 12.2. The largest absolute Gasteiger partial charge is 0.477 e. The van der Waals surface area contributed by atoms with Crippen molar-refractivity contribution in [1.82, 2.24) is 10.3 Å². The number of carboxylic acids is 1. The smallest absolute Gasteiger partial charge is 0.352 e. The third-order valence-corrected chi connectivity index (χ3v) is 4.42. The zero-order valence-corrected chi connectivity index (χ0v) is 12.2. The summed E-state index contributed by atoms with van der Waals surface area (Å²) in [6.07, 6.45) is 3.28. The van der Waals surface area contributed by atoms with Crippen LogP contribution in [0.25, 0.3) is 0 Å². The van der Waals surface area contributed by atoms with Crippen LogP contribution >= 0.6 is 0 Å². The highest BCUT2D eigenvalue weighted by molar-refractivity contribution is 6.01. The lowest BCUT2D eigenvalue weighted by atomic mass is 10.0. The summed E-state index contributed by atoms with van der Waals surface area (Å²) in [5.74, 6) is -0.689. The van der Waals surface area contributed by atoms with Gasteiger partial charge in [0, 0.05) is 12.3 Å². The SMILES string of the molecule is Cc1[nH]c(C(=O)O)c(C)c1C(=O)NC1CCOC1C1CC1. The van der Waals surface area contributed by atoms with Crippen molar-refractivity contribution in [2.45, 2.75) is 45.3 Å². The molecule has 1 aliphatic carbocycles. The summed E-state index contributed by atoms with van der Waals surface area (Å²) in [7, 11) is 0. The number of aromatic amines is 1. The summed E-state index contributed by atoms with van der Waals surface area (Å²) in [5.41, 5.74) is 1.59. The molecule has 0 aromatic carbocycles. The van der Waals surface area contributed by atoms with E-state index in [1.807, 2.05) is 0 Å². The molecule has 21 heavy (non-hydrogen) atoms. The number of hydrogen-bond acceptors (Lipinski definition) is 3. The van der Waals surface area contributed by atoms with Crippen molar-refractivity contribution < 1.29 is 19.4 Å². The van der Waals surface area contributed by atoms with Crippen LogP contribution in [-0.2, 0) is 4.74 Å². The molecule has 2 atom stereocenters. The number of amides is 1. The Morgan fingerprint density at radius 1 is 1.29 bits per heavy atom. The van der Waals surface area contributed by atoms with Gasteiger partial charge in [0.15, 0.2) is 0 Å². The average molecular weight is 292 g/mol. The van der Waals surface area contributed by atoms with Crippen molar-refractivity contribution >= 4 is 11.9 Å². The van der Waals surface area contributed by atoms with E-state index in [1.165, 1.54) is 12.8 Å². The fourth-order valence-electron chi connectivity index (χ4n) is 3.20. The molecule has 0 spiro atoms. The minimum Gasteiger partial charge on any atom is -0.477 e. The lowest BCUT2D eigenvalue weighted by molar-refractivity contribution is 0.0690. The number of aromatic carboxylic acids is 1. The quantitative estimate of drug-likeness (QED) is 0.786. The topological polar surface area (TPSA) is 91.4 Å². The molecule has 3 rings (SSSR count). The number of carbonyl (C=O) groups excluding carboxylic acids is 1. The van der Waals surface area contributed by atoms with Crippen molar-refractivity contribution in [2.75, 3.05) is 6.61 Å². The van der Waals surface area contributed by atoms with Crippen LogP contribution in [0.15, 0.2) is 0 Å². The van der Waals surface area contributed by atoms with Gasteiger partial charge in [0.05, 0.1) is 17.7 Å². The van der Waals surface area contributed by atoms with Gasteiger partial charge in [-0.25, -0.2) is 4.79 Å². The van der Waals surface area contributed by atoms with Crippen LogP contribution in [0.3, 0.4) is 0 Å². The molecule has 3 N–H and O–H groups in total. The van der Waals surface area contributed by atoms with Gasteiger partial charge in [0.2, 0.25) is 0 Å². The van der Waals surface area contributed by atoms with E-state index in [2.05, 4.69) is 10.3 Å². The minimum absolute atomic E-state index is 0.0342. The standard InChI is InChI=1S/C15H20N2O4/c1-7-11(8(2)16-12(7)15(19)20)14(18)17-10-5-6-21-13(10)9-3-4-9/h9-10,13,16H,3-6H2,1-2H3,(H,17,18)(H,19,20). The molecule has 1 aliphatic heterocycles. The number of aryl methyl sites for hydroxylation is 1. The fourth-order valence-corrected chi connectivity index (χ4v) is 3.20. The number of nitrogens with one attached hydrogen (secondary N) is 2. The van der Waals surface area contributed by atoms with Gasteiger partial charge in [-0.05, 0) is 44.6 Å². The van der Waals surface area contributed by atoms with Crippen LogP contribution in [0.1, 0.15) is 51.4 Å². The van der Waals surface area contributed by atoms with Gasteiger partial charge in [-0.2, -0.15) is 0 Å². The van der Waals surface area contributed by atoms with Crippen LogP contribution in [0, 0.1) is 19.8 Å². The number of rotatable bonds is 4. The van der Waals surface area contributed by atoms with Crippen LogP contribution in [0.4, 0.5) is 0 Å². The number of hydrogen-bond donors (Lipinski definition) is 3. The predicted molar refractivity (Wildman–Crippen MR) is 75.6 cm³/mol. The van der Waals surface area contributed by atoms with Gasteiger partial charge in [-0.1, -0.05) is 0 Å². The monoisotopic (exact) mass is 292 g/mol. The van der Waals surface area contributed by atoms with Crippen LogP contribution in [0.5, 0.6) is 0 Å². The molecule has 6 nitrogen and oxygen atoms in total. The molecular formula is C15H20N2O4. The molecule has 2 heterocycles. The molecule has 0 bridgehead atoms. The molecule has 1 amide bonds. The Bertz CT molecular complexity index is 589. The Kier molecular flexibility index (Phi) is 3.49. The molecule has 1 aromatic heterocycles. The third-order valence-electron chi connectivity index (χ3n) is 4.42. The highest BCUT2D eigenvalue weighted by Gasteiger charge is 2.41. The average Bonchev–Trinajstić information content (AvgIpc) is 3.08. The molecule has 1 aromatic rings. The van der Waals surface area contributed by atoms with Gasteiger partial charge in [0.25, 0.3) is 5.91 Å². The van der Waals surface area contributed by atoms with Crippen LogP contribution in [0.2, 0.25) is 0 Å². The van der Waals surface area contributed by atoms with Crippen LogP contribution < -0.4 is 5.32 Å². The Morgan fingerprint density at radius 3 is 2.57 bits per heavy atom. The normalized spacial score (nSPS) is 25.0. The van der Waals surface area contributed by atoms with E-state index >= 15 is 0 Å². The number of H-pyrrole nitrogens is 1. The van der Waals surface area contributed by atoms with E-state index in [9.17, 15) is 9.59 Å². The summed E-state index contributed by atoms with van der Waals surface area (Å²) in [4.78, 5) is 26.4. The van der Waals surface area contributed by atoms with E-state index in [0.717, 1.165) is 6.42 Å². The first-order valence-electron chi connectivity index (χ1n) is 7.34. The fraction of sp³-hybridized carbons (Fsp3) is 0.600. The van der Waals surface area contributed by atoms with E-state index in [1.54, 1.807) is 13.8 Å². The Balaban J connectivity index is 1.77. The van der Waals surface area contributed by atoms with Crippen molar-refractivity contribution in [3.8, 4) is 0 Å². The first-order chi connectivity index (χ1) is 9.99. The van der Waals surface area contributed by atoms with Gasteiger partial charge >= 0.3 is 5.97 Å². The molecule has 2 fully saturated rings. The second kappa shape index (κ2) is 5.18. The molecule has 6 heteroatoms.